The fraction of sp³-hybridized carbons (Fsp3) is 0.273. The fourth-order valence-electron chi connectivity index (χ4n) is 2.32. The molecule has 0 saturated carbocycles. The monoisotopic (exact) mass is 536 g/mol. The second-order valence-electron chi connectivity index (χ2n) is 6.03. The standard InChI is InChI=1S/C10H11ClO3.C10H12O4.C2Cl2O2/c2*1-13-8-4-3-7(6-10(11)12)5-9(8)14-2;3-1(5)2(4)6/h3-5H,6H2,1-2H3;3-5H,6H2,1-2H3,(H,11,12);. The summed E-state index contributed by atoms with van der Waals surface area (Å²) >= 11 is 14.3. The summed E-state index contributed by atoms with van der Waals surface area (Å²) in [4.78, 5) is 40.0. The molecule has 0 bridgehead atoms. The quantitative estimate of drug-likeness (QED) is 0.375. The summed E-state index contributed by atoms with van der Waals surface area (Å²) in [7, 11) is 6.16. The van der Waals surface area contributed by atoms with Gasteiger partial charge in [-0.1, -0.05) is 12.1 Å². The van der Waals surface area contributed by atoms with E-state index >= 15 is 0 Å². The van der Waals surface area contributed by atoms with Gasteiger partial charge in [0, 0.05) is 6.42 Å². The minimum absolute atomic E-state index is 0.0135. The van der Waals surface area contributed by atoms with Crippen molar-refractivity contribution in [3.05, 3.63) is 47.5 Å². The molecule has 0 heterocycles. The first-order valence-electron chi connectivity index (χ1n) is 9.20. The van der Waals surface area contributed by atoms with E-state index in [0.717, 1.165) is 5.56 Å². The first-order valence-corrected chi connectivity index (χ1v) is 10.3. The molecule has 1 N–H and O–H groups in total. The molecule has 0 saturated heterocycles. The van der Waals surface area contributed by atoms with Crippen LogP contribution in [0.1, 0.15) is 11.1 Å². The van der Waals surface area contributed by atoms with Crippen molar-refractivity contribution in [3.63, 3.8) is 0 Å². The first-order chi connectivity index (χ1) is 16.0. The highest BCUT2D eigenvalue weighted by atomic mass is 35.5. The van der Waals surface area contributed by atoms with Crippen LogP contribution in [0.4, 0.5) is 0 Å². The predicted molar refractivity (Wildman–Crippen MR) is 127 cm³/mol. The molecule has 34 heavy (non-hydrogen) atoms. The molecule has 0 fully saturated rings. The lowest BCUT2D eigenvalue weighted by Crippen LogP contribution is -2.00. The maximum absolute atomic E-state index is 10.7. The highest BCUT2D eigenvalue weighted by molar-refractivity contribution is 6.97. The number of carboxylic acids is 1. The molecule has 0 spiro atoms. The first kappa shape index (κ1) is 31.0. The molecular weight excluding hydrogens is 515 g/mol. The number of rotatable bonds is 9. The van der Waals surface area contributed by atoms with Gasteiger partial charge in [0.25, 0.3) is 0 Å². The fourth-order valence-corrected chi connectivity index (χ4v) is 2.47. The zero-order valence-corrected chi connectivity index (χ0v) is 21.0. The van der Waals surface area contributed by atoms with Gasteiger partial charge < -0.3 is 24.1 Å². The number of ether oxygens (including phenoxy) is 4. The van der Waals surface area contributed by atoms with Gasteiger partial charge in [0.05, 0.1) is 34.9 Å². The van der Waals surface area contributed by atoms with Crippen molar-refractivity contribution in [2.24, 2.45) is 0 Å². The molecule has 12 heteroatoms. The van der Waals surface area contributed by atoms with Gasteiger partial charge in [-0.15, -0.1) is 0 Å². The van der Waals surface area contributed by atoms with E-state index in [4.69, 9.17) is 35.7 Å². The summed E-state index contributed by atoms with van der Waals surface area (Å²) in [5.41, 5.74) is 1.50. The molecule has 2 aromatic carbocycles. The third-order valence-corrected chi connectivity index (χ3v) is 4.32. The molecule has 0 aliphatic carbocycles. The lowest BCUT2D eigenvalue weighted by molar-refractivity contribution is -0.136. The maximum Gasteiger partial charge on any atom is 0.307 e. The zero-order valence-electron chi connectivity index (χ0n) is 18.7. The zero-order chi connectivity index (χ0) is 26.3. The van der Waals surface area contributed by atoms with Crippen molar-refractivity contribution in [1.29, 1.82) is 0 Å². The number of hydrogen-bond acceptors (Lipinski definition) is 8. The average Bonchev–Trinajstić information content (AvgIpc) is 2.78. The third-order valence-electron chi connectivity index (χ3n) is 3.75. The van der Waals surface area contributed by atoms with Crippen molar-refractivity contribution in [2.45, 2.75) is 12.8 Å². The van der Waals surface area contributed by atoms with E-state index in [1.807, 2.05) is 0 Å². The van der Waals surface area contributed by atoms with Crippen LogP contribution >= 0.6 is 34.8 Å². The van der Waals surface area contributed by atoms with Gasteiger partial charge in [0.15, 0.2) is 23.0 Å². The molecule has 9 nitrogen and oxygen atoms in total. The molecular formula is C22H23Cl3O9. The van der Waals surface area contributed by atoms with Crippen LogP contribution in [0.15, 0.2) is 36.4 Å². The van der Waals surface area contributed by atoms with Crippen molar-refractivity contribution in [2.75, 3.05) is 28.4 Å². The summed E-state index contributed by atoms with van der Waals surface area (Å²) < 4.78 is 20.2. The van der Waals surface area contributed by atoms with Crippen LogP contribution in [-0.2, 0) is 32.0 Å². The lowest BCUT2D eigenvalue weighted by Gasteiger charge is -2.08. The van der Waals surface area contributed by atoms with Crippen LogP contribution in [0.2, 0.25) is 0 Å². The summed E-state index contributed by atoms with van der Waals surface area (Å²) in [6.45, 7) is 0. The van der Waals surface area contributed by atoms with E-state index in [-0.39, 0.29) is 12.8 Å². The number of carbonyl (C=O) groups is 4. The maximum atomic E-state index is 10.7. The van der Waals surface area contributed by atoms with Gasteiger partial charge in [-0.2, -0.15) is 0 Å². The third kappa shape index (κ3) is 12.3. The van der Waals surface area contributed by atoms with Gasteiger partial charge in [-0.05, 0) is 70.2 Å². The van der Waals surface area contributed by atoms with Gasteiger partial charge in [0.1, 0.15) is 0 Å². The second-order valence-corrected chi connectivity index (χ2v) is 7.14. The Kier molecular flexibility index (Phi) is 15.1. The van der Waals surface area contributed by atoms with E-state index in [0.29, 0.717) is 28.6 Å². The lowest BCUT2D eigenvalue weighted by atomic mass is 10.1. The number of benzene rings is 2. The Morgan fingerprint density at radius 1 is 0.647 bits per heavy atom. The van der Waals surface area contributed by atoms with Crippen molar-refractivity contribution in [3.8, 4) is 23.0 Å². The average molecular weight is 538 g/mol. The number of carboxylic acid groups (broad SMARTS) is 1. The van der Waals surface area contributed by atoms with E-state index in [1.165, 1.54) is 14.2 Å². The highest BCUT2D eigenvalue weighted by Crippen LogP contribution is 2.28. The molecule has 2 aromatic rings. The Bertz CT molecular complexity index is 914. The Labute approximate surface area is 211 Å². The molecule has 2 rings (SSSR count). The van der Waals surface area contributed by atoms with E-state index in [9.17, 15) is 19.2 Å². The van der Waals surface area contributed by atoms with Crippen molar-refractivity contribution >= 4 is 56.5 Å². The van der Waals surface area contributed by atoms with Crippen LogP contribution in [0.5, 0.6) is 23.0 Å². The normalized spacial score (nSPS) is 9.26. The SMILES string of the molecule is COc1ccc(CC(=O)Cl)cc1OC.COc1ccc(CC(=O)O)cc1OC.O=C(Cl)C(=O)Cl. The minimum atomic E-state index is -1.14. The summed E-state index contributed by atoms with van der Waals surface area (Å²) in [5.74, 6) is 1.52. The van der Waals surface area contributed by atoms with Gasteiger partial charge in [-0.25, -0.2) is 0 Å². The summed E-state index contributed by atoms with van der Waals surface area (Å²) in [5, 5.41) is 5.91. The van der Waals surface area contributed by atoms with Gasteiger partial charge in [-0.3, -0.25) is 19.2 Å². The van der Waals surface area contributed by atoms with Crippen molar-refractivity contribution in [1.82, 2.24) is 0 Å². The second kappa shape index (κ2) is 16.6. The molecule has 186 valence electrons. The smallest absolute Gasteiger partial charge is 0.307 e. The molecule has 0 amide bonds. The van der Waals surface area contributed by atoms with Crippen LogP contribution in [0.25, 0.3) is 0 Å². The van der Waals surface area contributed by atoms with E-state index in [1.54, 1.807) is 50.6 Å². The summed E-state index contributed by atoms with van der Waals surface area (Å²) in [6.07, 6.45) is 0.183. The predicted octanol–water partition coefficient (Wildman–Crippen LogP) is 3.86. The molecule has 0 aromatic heterocycles. The molecule has 0 aliphatic heterocycles. The summed E-state index contributed by atoms with van der Waals surface area (Å²) in [6, 6.07) is 10.3. The molecule has 0 atom stereocenters. The van der Waals surface area contributed by atoms with Gasteiger partial charge in [0.2, 0.25) is 5.24 Å². The van der Waals surface area contributed by atoms with Crippen LogP contribution < -0.4 is 18.9 Å². The topological polar surface area (TPSA) is 125 Å². The van der Waals surface area contributed by atoms with E-state index in [2.05, 4.69) is 23.2 Å². The molecule has 0 radical (unpaired) electrons. The van der Waals surface area contributed by atoms with Gasteiger partial charge >= 0.3 is 16.5 Å². The van der Waals surface area contributed by atoms with Crippen molar-refractivity contribution < 1.29 is 43.2 Å². The Balaban J connectivity index is 0.000000521. The molecule has 0 unspecified atom stereocenters. The number of carbonyl (C=O) groups excluding carboxylic acids is 3. The Morgan fingerprint density at radius 2 is 1.00 bits per heavy atom. The number of hydrogen-bond donors (Lipinski definition) is 1. The number of halogens is 3. The largest absolute Gasteiger partial charge is 0.493 e. The van der Waals surface area contributed by atoms with Crippen LogP contribution in [0, 0.1) is 0 Å². The number of methoxy groups -OCH3 is 4. The van der Waals surface area contributed by atoms with E-state index < -0.39 is 21.7 Å². The number of aliphatic carboxylic acids is 1. The Morgan fingerprint density at radius 3 is 1.26 bits per heavy atom. The van der Waals surface area contributed by atoms with Crippen LogP contribution in [-0.4, -0.2) is 55.2 Å². The molecule has 0 aliphatic rings. The highest BCUT2D eigenvalue weighted by Gasteiger charge is 2.07. The van der Waals surface area contributed by atoms with Crippen LogP contribution in [0.3, 0.4) is 0 Å². The Hall–Kier alpha value is -3.01. The minimum Gasteiger partial charge on any atom is -0.493 e.